The molecule has 0 saturated heterocycles. The zero-order valence-corrected chi connectivity index (χ0v) is 17.5. The zero-order valence-electron chi connectivity index (χ0n) is 15.2. The van der Waals surface area contributed by atoms with Crippen molar-refractivity contribution in [3.63, 3.8) is 0 Å². The molecule has 0 bridgehead atoms. The second-order valence-corrected chi connectivity index (χ2v) is 7.70. The molecule has 0 spiro atoms. The Morgan fingerprint density at radius 1 is 1.00 bits per heavy atom. The second kappa shape index (κ2) is 7.95. The van der Waals surface area contributed by atoms with E-state index in [-0.39, 0.29) is 5.91 Å². The number of carbonyl (C=O) groups is 1. The van der Waals surface area contributed by atoms with E-state index in [0.29, 0.717) is 49.0 Å². The van der Waals surface area contributed by atoms with Crippen molar-refractivity contribution >= 4 is 69.1 Å². The largest absolute Gasteiger partial charge is 0.324 e. The van der Waals surface area contributed by atoms with Crippen LogP contribution in [0.15, 0.2) is 54.6 Å². The molecule has 3 aromatic carbocycles. The monoisotopic (exact) mass is 444 g/mol. The minimum atomic E-state index is -0.240. The van der Waals surface area contributed by atoms with Gasteiger partial charge in [0.25, 0.3) is 5.91 Å². The van der Waals surface area contributed by atoms with Gasteiger partial charge in [0, 0.05) is 16.3 Å². The summed E-state index contributed by atoms with van der Waals surface area (Å²) in [7, 11) is 0. The van der Waals surface area contributed by atoms with Crippen LogP contribution < -0.4 is 10.6 Å². The minimum absolute atomic E-state index is 0.240. The van der Waals surface area contributed by atoms with Gasteiger partial charge in [-0.2, -0.15) is 0 Å². The van der Waals surface area contributed by atoms with Crippen molar-refractivity contribution in [2.45, 2.75) is 6.92 Å². The highest BCUT2D eigenvalue weighted by Gasteiger charge is 2.12. The van der Waals surface area contributed by atoms with Crippen LogP contribution in [0.4, 0.5) is 17.3 Å². The molecule has 4 rings (SSSR count). The van der Waals surface area contributed by atoms with Crippen LogP contribution in [0.25, 0.3) is 11.0 Å². The average molecular weight is 446 g/mol. The van der Waals surface area contributed by atoms with E-state index >= 15 is 0 Å². The summed E-state index contributed by atoms with van der Waals surface area (Å²) in [4.78, 5) is 20.3. The Morgan fingerprint density at radius 3 is 2.52 bits per heavy atom. The summed E-state index contributed by atoms with van der Waals surface area (Å²) in [5.41, 5.74) is 4.04. The number of hydrogen-bond donors (Lipinski definition) is 3. The van der Waals surface area contributed by atoms with Gasteiger partial charge in [-0.05, 0) is 55.0 Å². The van der Waals surface area contributed by atoms with Crippen molar-refractivity contribution in [3.05, 3.63) is 80.8 Å². The maximum atomic E-state index is 12.7. The fraction of sp³-hybridized carbons (Fsp3) is 0.0476. The number of nitrogens with zero attached hydrogens (tertiary/aromatic N) is 1. The van der Waals surface area contributed by atoms with Crippen molar-refractivity contribution in [2.24, 2.45) is 0 Å². The molecular weight excluding hydrogens is 431 g/mol. The van der Waals surface area contributed by atoms with Crippen LogP contribution in [0.5, 0.6) is 0 Å². The Labute approximate surface area is 182 Å². The van der Waals surface area contributed by atoms with Crippen LogP contribution in [0.1, 0.15) is 15.9 Å². The number of fused-ring (bicyclic) bond motifs is 1. The van der Waals surface area contributed by atoms with Gasteiger partial charge >= 0.3 is 0 Å². The van der Waals surface area contributed by atoms with Crippen LogP contribution in [-0.2, 0) is 0 Å². The van der Waals surface area contributed by atoms with Crippen molar-refractivity contribution < 1.29 is 4.79 Å². The quantitative estimate of drug-likeness (QED) is 0.322. The SMILES string of the molecule is Cc1ccc(Cl)cc1NC(=O)c1ccc2nc(Nc3c(Cl)cccc3Cl)[nH]c2c1. The van der Waals surface area contributed by atoms with Crippen molar-refractivity contribution in [2.75, 3.05) is 10.6 Å². The van der Waals surface area contributed by atoms with Gasteiger partial charge in [-0.15, -0.1) is 0 Å². The lowest BCUT2D eigenvalue weighted by Crippen LogP contribution is -2.12. The molecule has 1 heterocycles. The normalized spacial score (nSPS) is 10.9. The average Bonchev–Trinajstić information content (AvgIpc) is 3.09. The third-order valence-electron chi connectivity index (χ3n) is 4.40. The molecule has 0 saturated carbocycles. The number of anilines is 3. The highest BCUT2D eigenvalue weighted by atomic mass is 35.5. The second-order valence-electron chi connectivity index (χ2n) is 6.45. The van der Waals surface area contributed by atoms with Crippen LogP contribution >= 0.6 is 34.8 Å². The molecule has 4 aromatic rings. The number of halogens is 3. The highest BCUT2D eigenvalue weighted by molar-refractivity contribution is 6.39. The highest BCUT2D eigenvalue weighted by Crippen LogP contribution is 2.32. The maximum Gasteiger partial charge on any atom is 0.255 e. The smallest absolute Gasteiger partial charge is 0.255 e. The summed E-state index contributed by atoms with van der Waals surface area (Å²) >= 11 is 18.4. The summed E-state index contributed by atoms with van der Waals surface area (Å²) in [6.07, 6.45) is 0. The molecule has 0 radical (unpaired) electrons. The van der Waals surface area contributed by atoms with Gasteiger partial charge in [0.15, 0.2) is 0 Å². The van der Waals surface area contributed by atoms with Crippen LogP contribution in [0.3, 0.4) is 0 Å². The third kappa shape index (κ3) is 4.17. The molecule has 0 fully saturated rings. The standard InChI is InChI=1S/C21H15Cl3N4O/c1-11-5-7-13(22)10-17(11)25-20(29)12-6-8-16-18(9-12)27-21(26-16)28-19-14(23)3-2-4-15(19)24/h2-10H,1H3,(H,25,29)(H2,26,27,28). The summed E-state index contributed by atoms with van der Waals surface area (Å²) < 4.78 is 0. The van der Waals surface area contributed by atoms with E-state index in [1.54, 1.807) is 48.5 Å². The number of imidazole rings is 1. The van der Waals surface area contributed by atoms with Gasteiger partial charge in [-0.1, -0.05) is 46.9 Å². The van der Waals surface area contributed by atoms with Crippen molar-refractivity contribution in [3.8, 4) is 0 Å². The molecule has 1 amide bonds. The Bertz CT molecular complexity index is 1220. The summed E-state index contributed by atoms with van der Waals surface area (Å²) in [6.45, 7) is 1.90. The Hall–Kier alpha value is -2.73. The number of hydrogen-bond acceptors (Lipinski definition) is 3. The number of amides is 1. The summed E-state index contributed by atoms with van der Waals surface area (Å²) in [5.74, 6) is 0.230. The van der Waals surface area contributed by atoms with Crippen molar-refractivity contribution in [1.29, 1.82) is 0 Å². The molecule has 0 aliphatic rings. The lowest BCUT2D eigenvalue weighted by atomic mass is 10.1. The molecule has 0 atom stereocenters. The van der Waals surface area contributed by atoms with Gasteiger partial charge in [0.05, 0.1) is 26.8 Å². The number of rotatable bonds is 4. The number of nitrogens with one attached hydrogen (secondary N) is 3. The first-order chi connectivity index (χ1) is 13.9. The number of carbonyl (C=O) groups excluding carboxylic acids is 1. The lowest BCUT2D eigenvalue weighted by molar-refractivity contribution is 0.102. The first-order valence-corrected chi connectivity index (χ1v) is 9.82. The Balaban J connectivity index is 1.60. The van der Waals surface area contributed by atoms with Gasteiger partial charge in [0.2, 0.25) is 5.95 Å². The van der Waals surface area contributed by atoms with Crippen LogP contribution in [-0.4, -0.2) is 15.9 Å². The van der Waals surface area contributed by atoms with E-state index in [9.17, 15) is 4.79 Å². The Kier molecular flexibility index (Phi) is 5.37. The molecule has 3 N–H and O–H groups in total. The first kappa shape index (κ1) is 19.6. The predicted octanol–water partition coefficient (Wildman–Crippen LogP) is 6.83. The van der Waals surface area contributed by atoms with Gasteiger partial charge < -0.3 is 15.6 Å². The molecule has 0 aliphatic heterocycles. The summed E-state index contributed by atoms with van der Waals surface area (Å²) in [5, 5.41) is 7.49. The predicted molar refractivity (Wildman–Crippen MR) is 120 cm³/mol. The molecule has 8 heteroatoms. The number of aromatic amines is 1. The minimum Gasteiger partial charge on any atom is -0.324 e. The molecule has 29 heavy (non-hydrogen) atoms. The topological polar surface area (TPSA) is 69.8 Å². The first-order valence-electron chi connectivity index (χ1n) is 8.69. The Morgan fingerprint density at radius 2 is 1.76 bits per heavy atom. The summed E-state index contributed by atoms with van der Waals surface area (Å²) in [6, 6.07) is 15.8. The van der Waals surface area contributed by atoms with E-state index in [0.717, 1.165) is 5.56 Å². The van der Waals surface area contributed by atoms with Gasteiger partial charge in [0.1, 0.15) is 0 Å². The van der Waals surface area contributed by atoms with E-state index in [4.69, 9.17) is 34.8 Å². The maximum absolute atomic E-state index is 12.7. The molecule has 146 valence electrons. The zero-order chi connectivity index (χ0) is 20.5. The molecule has 1 aromatic heterocycles. The lowest BCUT2D eigenvalue weighted by Gasteiger charge is -2.09. The van der Waals surface area contributed by atoms with E-state index in [1.807, 2.05) is 13.0 Å². The molecule has 0 aliphatic carbocycles. The van der Waals surface area contributed by atoms with Gasteiger partial charge in [-0.3, -0.25) is 4.79 Å². The van der Waals surface area contributed by atoms with Crippen LogP contribution in [0, 0.1) is 6.92 Å². The van der Waals surface area contributed by atoms with E-state index in [1.165, 1.54) is 0 Å². The fourth-order valence-electron chi connectivity index (χ4n) is 2.87. The number of para-hydroxylation sites is 1. The molecule has 0 unspecified atom stereocenters. The van der Waals surface area contributed by atoms with Gasteiger partial charge in [-0.25, -0.2) is 4.98 Å². The number of benzene rings is 3. The number of aryl methyl sites for hydroxylation is 1. The van der Waals surface area contributed by atoms with Crippen LogP contribution in [0.2, 0.25) is 15.1 Å². The third-order valence-corrected chi connectivity index (χ3v) is 5.26. The number of H-pyrrole nitrogens is 1. The molecule has 5 nitrogen and oxygen atoms in total. The fourth-order valence-corrected chi connectivity index (χ4v) is 3.53. The van der Waals surface area contributed by atoms with Crippen molar-refractivity contribution in [1.82, 2.24) is 9.97 Å². The number of aromatic nitrogens is 2. The van der Waals surface area contributed by atoms with E-state index < -0.39 is 0 Å². The molecular formula is C21H15Cl3N4O. The van der Waals surface area contributed by atoms with E-state index in [2.05, 4.69) is 20.6 Å².